The third kappa shape index (κ3) is 5.13. The monoisotopic (exact) mass is 526 g/mol. The van der Waals surface area contributed by atoms with E-state index in [1.807, 2.05) is 27.7 Å². The highest BCUT2D eigenvalue weighted by Gasteiger charge is 2.21. The van der Waals surface area contributed by atoms with Gasteiger partial charge >= 0.3 is 5.69 Å². The van der Waals surface area contributed by atoms with Gasteiger partial charge in [0.2, 0.25) is 0 Å². The zero-order valence-corrected chi connectivity index (χ0v) is 22.5. The number of aryl methyl sites for hydroxylation is 1. The van der Waals surface area contributed by atoms with Crippen LogP contribution in [0.3, 0.4) is 0 Å². The number of aromatic nitrogens is 4. The average molecular weight is 527 g/mol. The number of nitrogens with one attached hydrogen (secondary N) is 3. The van der Waals surface area contributed by atoms with E-state index in [1.54, 1.807) is 70.8 Å². The summed E-state index contributed by atoms with van der Waals surface area (Å²) in [5.41, 5.74) is 4.08. The number of amides is 2. The molecule has 10 heteroatoms. The third-order valence-electron chi connectivity index (χ3n) is 6.36. The lowest BCUT2D eigenvalue weighted by atomic mass is 9.96. The predicted octanol–water partition coefficient (Wildman–Crippen LogP) is 4.85. The first-order chi connectivity index (χ1) is 18.5. The average Bonchev–Trinajstić information content (AvgIpc) is 3.44. The first-order valence-electron chi connectivity index (χ1n) is 12.5. The molecule has 2 amide bonds. The fraction of sp³-hybridized carbons (Fsp3) is 0.241. The minimum Gasteiger partial charge on any atom is -0.497 e. The highest BCUT2D eigenvalue weighted by molar-refractivity contribution is 6.12. The minimum absolute atomic E-state index is 0.157. The normalized spacial score (nSPS) is 11.6. The first-order valence-corrected chi connectivity index (χ1v) is 12.5. The lowest BCUT2D eigenvalue weighted by Gasteiger charge is -2.19. The van der Waals surface area contributed by atoms with Crippen molar-refractivity contribution in [3.05, 3.63) is 88.2 Å². The van der Waals surface area contributed by atoms with Gasteiger partial charge < -0.3 is 20.4 Å². The smallest absolute Gasteiger partial charge is 0.326 e. The Bertz CT molecular complexity index is 1790. The van der Waals surface area contributed by atoms with E-state index >= 15 is 0 Å². The summed E-state index contributed by atoms with van der Waals surface area (Å²) in [7, 11) is 1.57. The van der Waals surface area contributed by atoms with E-state index < -0.39 is 0 Å². The summed E-state index contributed by atoms with van der Waals surface area (Å²) >= 11 is 0. The number of para-hydroxylation sites is 1. The van der Waals surface area contributed by atoms with Crippen LogP contribution in [0.1, 0.15) is 47.2 Å². The van der Waals surface area contributed by atoms with Crippen molar-refractivity contribution in [1.82, 2.24) is 18.9 Å². The standard InChI is InChI=1S/C29H30N6O4/c1-17-13-18(9-10-21(17)32-27(37)23-15-30-24-14-19(39-5)11-12-34(23)24)31-26(36)20-7-6-8-22-25(20)35(28(38)33-22)16-29(2,3)4/h6-15H,16H2,1-5H3,(H,31,36)(H,32,37)(H,33,38). The third-order valence-corrected chi connectivity index (χ3v) is 6.36. The second-order valence-corrected chi connectivity index (χ2v) is 10.7. The van der Waals surface area contributed by atoms with Crippen LogP contribution in [-0.4, -0.2) is 37.9 Å². The molecule has 0 saturated heterocycles. The number of carbonyl (C=O) groups is 2. The molecule has 0 fully saturated rings. The molecule has 39 heavy (non-hydrogen) atoms. The van der Waals surface area contributed by atoms with E-state index in [1.165, 1.54) is 6.20 Å². The number of rotatable bonds is 6. The van der Waals surface area contributed by atoms with Crippen LogP contribution in [0.15, 0.2) is 65.7 Å². The van der Waals surface area contributed by atoms with Crippen LogP contribution in [0.25, 0.3) is 16.7 Å². The van der Waals surface area contributed by atoms with Crippen molar-refractivity contribution in [2.45, 2.75) is 34.2 Å². The molecular weight excluding hydrogens is 496 g/mol. The summed E-state index contributed by atoms with van der Waals surface area (Å²) in [4.78, 5) is 46.1. The largest absolute Gasteiger partial charge is 0.497 e. The van der Waals surface area contributed by atoms with Gasteiger partial charge in [0.15, 0.2) is 0 Å². The summed E-state index contributed by atoms with van der Waals surface area (Å²) in [6.45, 7) is 8.42. The minimum atomic E-state index is -0.334. The van der Waals surface area contributed by atoms with Crippen LogP contribution < -0.4 is 21.1 Å². The number of imidazole rings is 2. The van der Waals surface area contributed by atoms with E-state index in [2.05, 4.69) is 20.6 Å². The van der Waals surface area contributed by atoms with Crippen molar-refractivity contribution in [1.29, 1.82) is 0 Å². The topological polar surface area (TPSA) is 123 Å². The van der Waals surface area contributed by atoms with Gasteiger partial charge in [0, 0.05) is 30.2 Å². The number of ether oxygens (including phenoxy) is 1. The number of nitrogens with zero attached hydrogens (tertiary/aromatic N) is 3. The van der Waals surface area contributed by atoms with Gasteiger partial charge in [0.1, 0.15) is 17.1 Å². The number of benzene rings is 2. The van der Waals surface area contributed by atoms with Gasteiger partial charge in [-0.25, -0.2) is 9.78 Å². The lowest BCUT2D eigenvalue weighted by molar-refractivity contribution is 0.101. The highest BCUT2D eigenvalue weighted by atomic mass is 16.5. The number of hydrogen-bond donors (Lipinski definition) is 3. The summed E-state index contributed by atoms with van der Waals surface area (Å²) in [6, 6.07) is 14.0. The number of pyridine rings is 1. The molecule has 3 N–H and O–H groups in total. The Kier molecular flexibility index (Phi) is 6.47. The molecule has 0 spiro atoms. The molecule has 0 aliphatic rings. The first kappa shape index (κ1) is 25.8. The summed E-state index contributed by atoms with van der Waals surface area (Å²) in [6.07, 6.45) is 3.24. The molecule has 0 aliphatic carbocycles. The Morgan fingerprint density at radius 3 is 2.56 bits per heavy atom. The maximum absolute atomic E-state index is 13.3. The van der Waals surface area contributed by atoms with E-state index in [0.29, 0.717) is 51.6 Å². The maximum Gasteiger partial charge on any atom is 0.326 e. The van der Waals surface area contributed by atoms with Gasteiger partial charge in [-0.3, -0.25) is 18.6 Å². The van der Waals surface area contributed by atoms with Gasteiger partial charge in [-0.1, -0.05) is 26.8 Å². The molecule has 0 atom stereocenters. The molecule has 5 rings (SSSR count). The van der Waals surface area contributed by atoms with Crippen molar-refractivity contribution in [2.75, 3.05) is 17.7 Å². The Morgan fingerprint density at radius 1 is 1.05 bits per heavy atom. The molecule has 5 aromatic rings. The van der Waals surface area contributed by atoms with E-state index in [-0.39, 0.29) is 22.9 Å². The van der Waals surface area contributed by atoms with E-state index in [4.69, 9.17) is 4.74 Å². The van der Waals surface area contributed by atoms with Crippen molar-refractivity contribution in [2.24, 2.45) is 5.41 Å². The Labute approximate surface area is 224 Å². The quantitative estimate of drug-likeness (QED) is 0.292. The van der Waals surface area contributed by atoms with Gasteiger partial charge in [-0.05, 0) is 54.3 Å². The van der Waals surface area contributed by atoms with Crippen molar-refractivity contribution in [3.8, 4) is 5.75 Å². The molecule has 3 heterocycles. The van der Waals surface area contributed by atoms with Crippen LogP contribution in [0.4, 0.5) is 11.4 Å². The number of anilines is 2. The summed E-state index contributed by atoms with van der Waals surface area (Å²) < 4.78 is 8.52. The van der Waals surface area contributed by atoms with E-state index in [9.17, 15) is 14.4 Å². The summed E-state index contributed by atoms with van der Waals surface area (Å²) in [5.74, 6) is 0.00174. The Hall–Kier alpha value is -4.86. The SMILES string of the molecule is COc1ccn2c(C(=O)Nc3ccc(NC(=O)c4cccc5[nH]c(=O)n(CC(C)(C)C)c45)cc3C)cnc2c1. The van der Waals surface area contributed by atoms with Crippen LogP contribution in [0.5, 0.6) is 5.75 Å². The van der Waals surface area contributed by atoms with E-state index in [0.717, 1.165) is 5.56 Å². The van der Waals surface area contributed by atoms with Gasteiger partial charge in [-0.2, -0.15) is 0 Å². The molecule has 0 unspecified atom stereocenters. The zero-order valence-electron chi connectivity index (χ0n) is 22.5. The van der Waals surface area contributed by atoms with Crippen LogP contribution >= 0.6 is 0 Å². The van der Waals surface area contributed by atoms with Crippen LogP contribution in [0, 0.1) is 12.3 Å². The fourth-order valence-corrected chi connectivity index (χ4v) is 4.55. The zero-order chi connectivity index (χ0) is 27.9. The van der Waals surface area contributed by atoms with Crippen molar-refractivity contribution in [3.63, 3.8) is 0 Å². The molecule has 0 bridgehead atoms. The van der Waals surface area contributed by atoms with Gasteiger partial charge in [0.05, 0.1) is 29.9 Å². The second kappa shape index (κ2) is 9.79. The van der Waals surface area contributed by atoms with Gasteiger partial charge in [-0.15, -0.1) is 0 Å². The molecule has 0 radical (unpaired) electrons. The molecule has 0 aliphatic heterocycles. The number of carbonyl (C=O) groups excluding carboxylic acids is 2. The van der Waals surface area contributed by atoms with Crippen LogP contribution in [0.2, 0.25) is 0 Å². The Morgan fingerprint density at radius 2 is 1.85 bits per heavy atom. The number of H-pyrrole nitrogens is 1. The number of aromatic amines is 1. The molecule has 10 nitrogen and oxygen atoms in total. The molecular formula is C29H30N6O4. The lowest BCUT2D eigenvalue weighted by Crippen LogP contribution is -2.25. The van der Waals surface area contributed by atoms with Gasteiger partial charge in [0.25, 0.3) is 11.8 Å². The number of hydrogen-bond acceptors (Lipinski definition) is 5. The Balaban J connectivity index is 1.36. The summed E-state index contributed by atoms with van der Waals surface area (Å²) in [5, 5.41) is 5.84. The number of methoxy groups -OCH3 is 1. The number of fused-ring (bicyclic) bond motifs is 2. The highest BCUT2D eigenvalue weighted by Crippen LogP contribution is 2.25. The molecule has 0 saturated carbocycles. The van der Waals surface area contributed by atoms with Crippen LogP contribution in [-0.2, 0) is 6.54 Å². The molecule has 2 aromatic carbocycles. The molecule has 3 aromatic heterocycles. The second-order valence-electron chi connectivity index (χ2n) is 10.7. The fourth-order valence-electron chi connectivity index (χ4n) is 4.55. The predicted molar refractivity (Wildman–Crippen MR) is 151 cm³/mol. The van der Waals surface area contributed by atoms with Crippen molar-refractivity contribution < 1.29 is 14.3 Å². The molecule has 200 valence electrons. The maximum atomic E-state index is 13.3. The van der Waals surface area contributed by atoms with Crippen molar-refractivity contribution >= 4 is 39.9 Å².